The van der Waals surface area contributed by atoms with Gasteiger partial charge in [-0.3, -0.25) is 9.59 Å². The number of aromatic hydroxyl groups is 1. The van der Waals surface area contributed by atoms with Crippen LogP contribution >= 0.6 is 0 Å². The highest BCUT2D eigenvalue weighted by Gasteiger charge is 2.17. The molecule has 26 heavy (non-hydrogen) atoms. The lowest BCUT2D eigenvalue weighted by molar-refractivity contribution is 0.0882. The number of hydrogen-bond acceptors (Lipinski definition) is 5. The second-order valence-corrected chi connectivity index (χ2v) is 5.87. The van der Waals surface area contributed by atoms with Crippen molar-refractivity contribution >= 4 is 11.8 Å². The molecule has 0 aliphatic heterocycles. The maximum absolute atomic E-state index is 12.3. The molecule has 2 aromatic heterocycles. The minimum atomic E-state index is -0.812. The summed E-state index contributed by atoms with van der Waals surface area (Å²) in [7, 11) is 0. The van der Waals surface area contributed by atoms with Gasteiger partial charge < -0.3 is 24.7 Å². The van der Waals surface area contributed by atoms with Crippen LogP contribution in [0, 0.1) is 0 Å². The van der Waals surface area contributed by atoms with E-state index in [1.54, 1.807) is 6.07 Å². The van der Waals surface area contributed by atoms with Crippen molar-refractivity contribution in [3.05, 3.63) is 52.3 Å². The first-order valence-corrected chi connectivity index (χ1v) is 8.53. The zero-order valence-corrected chi connectivity index (χ0v) is 14.8. The first-order valence-electron chi connectivity index (χ1n) is 8.53. The Kier molecular flexibility index (Phi) is 6.60. The van der Waals surface area contributed by atoms with Crippen molar-refractivity contribution in [3.63, 3.8) is 0 Å². The van der Waals surface area contributed by atoms with Crippen LogP contribution in [-0.2, 0) is 6.54 Å². The summed E-state index contributed by atoms with van der Waals surface area (Å²) in [5.41, 5.74) is -0.250. The number of nitrogens with one attached hydrogen (secondary N) is 2. The number of rotatable bonds is 8. The van der Waals surface area contributed by atoms with E-state index in [9.17, 15) is 19.5 Å². The van der Waals surface area contributed by atoms with Crippen LogP contribution in [0.2, 0.25) is 0 Å². The van der Waals surface area contributed by atoms with Crippen LogP contribution in [0.25, 0.3) is 0 Å². The zero-order valence-electron chi connectivity index (χ0n) is 14.8. The smallest absolute Gasteiger partial charge is 0.340 e. The molecule has 0 aliphatic carbocycles. The van der Waals surface area contributed by atoms with Gasteiger partial charge in [-0.2, -0.15) is 0 Å². The van der Waals surface area contributed by atoms with Gasteiger partial charge >= 0.3 is 5.63 Å². The van der Waals surface area contributed by atoms with Gasteiger partial charge in [0.1, 0.15) is 11.4 Å². The Morgan fingerprint density at radius 1 is 1.27 bits per heavy atom. The number of hydrogen-bond donors (Lipinski definition) is 3. The third-order valence-electron chi connectivity index (χ3n) is 3.84. The second kappa shape index (κ2) is 8.89. The number of aromatic nitrogens is 1. The molecule has 140 valence electrons. The fourth-order valence-corrected chi connectivity index (χ4v) is 2.49. The van der Waals surface area contributed by atoms with Crippen molar-refractivity contribution in [2.24, 2.45) is 0 Å². The van der Waals surface area contributed by atoms with Gasteiger partial charge in [0.15, 0.2) is 5.76 Å². The zero-order chi connectivity index (χ0) is 19.1. The van der Waals surface area contributed by atoms with Gasteiger partial charge in [-0.25, -0.2) is 4.79 Å². The first kappa shape index (κ1) is 19.3. The van der Waals surface area contributed by atoms with Gasteiger partial charge in [-0.1, -0.05) is 13.8 Å². The molecule has 2 heterocycles. The Morgan fingerprint density at radius 2 is 2.04 bits per heavy atom. The van der Waals surface area contributed by atoms with Crippen LogP contribution in [0.15, 0.2) is 39.7 Å². The van der Waals surface area contributed by atoms with E-state index in [0.717, 1.165) is 25.1 Å². The van der Waals surface area contributed by atoms with E-state index in [1.165, 1.54) is 0 Å². The highest BCUT2D eigenvalue weighted by molar-refractivity contribution is 5.93. The van der Waals surface area contributed by atoms with E-state index in [-0.39, 0.29) is 30.0 Å². The molecule has 0 radical (unpaired) electrons. The van der Waals surface area contributed by atoms with E-state index in [2.05, 4.69) is 10.6 Å². The molecule has 0 bridgehead atoms. The van der Waals surface area contributed by atoms with Gasteiger partial charge in [0, 0.05) is 31.4 Å². The SMILES string of the molecule is CCCn1cccc1C(=O)NCC(CC)NC(=O)c1cc(O)cc(=O)o1. The highest BCUT2D eigenvalue weighted by atomic mass is 16.4. The number of aryl methyl sites for hydroxylation is 1. The molecule has 3 N–H and O–H groups in total. The summed E-state index contributed by atoms with van der Waals surface area (Å²) in [4.78, 5) is 35.7. The summed E-state index contributed by atoms with van der Waals surface area (Å²) in [5, 5.41) is 14.9. The number of amides is 2. The average Bonchev–Trinajstić information content (AvgIpc) is 3.06. The molecule has 0 aromatic carbocycles. The van der Waals surface area contributed by atoms with Crippen molar-refractivity contribution in [2.75, 3.05) is 6.54 Å². The van der Waals surface area contributed by atoms with Crippen molar-refractivity contribution in [3.8, 4) is 5.75 Å². The van der Waals surface area contributed by atoms with E-state index in [0.29, 0.717) is 12.1 Å². The van der Waals surface area contributed by atoms with Crippen molar-refractivity contribution in [1.29, 1.82) is 0 Å². The van der Waals surface area contributed by atoms with Gasteiger partial charge in [0.2, 0.25) is 0 Å². The topological polar surface area (TPSA) is 114 Å². The molecule has 0 spiro atoms. The number of nitrogens with zero attached hydrogens (tertiary/aromatic N) is 1. The average molecular weight is 361 g/mol. The quantitative estimate of drug-likeness (QED) is 0.659. The van der Waals surface area contributed by atoms with E-state index >= 15 is 0 Å². The summed E-state index contributed by atoms with van der Waals surface area (Å²) in [6.07, 6.45) is 3.32. The van der Waals surface area contributed by atoms with Crippen LogP contribution in [0.1, 0.15) is 47.7 Å². The Bertz CT molecular complexity index is 824. The van der Waals surface area contributed by atoms with Crippen molar-refractivity contribution in [1.82, 2.24) is 15.2 Å². The largest absolute Gasteiger partial charge is 0.508 e. The number of carbonyl (C=O) groups excluding carboxylic acids is 2. The predicted molar refractivity (Wildman–Crippen MR) is 95.2 cm³/mol. The van der Waals surface area contributed by atoms with Crippen molar-refractivity contribution in [2.45, 2.75) is 39.3 Å². The highest BCUT2D eigenvalue weighted by Crippen LogP contribution is 2.08. The molecule has 2 amide bonds. The molecule has 0 aliphatic rings. The third-order valence-corrected chi connectivity index (χ3v) is 3.84. The molecular weight excluding hydrogens is 338 g/mol. The summed E-state index contributed by atoms with van der Waals surface area (Å²) >= 11 is 0. The van der Waals surface area contributed by atoms with Gasteiger partial charge in [0.25, 0.3) is 11.8 Å². The van der Waals surface area contributed by atoms with Crippen LogP contribution in [0.3, 0.4) is 0 Å². The van der Waals surface area contributed by atoms with E-state index < -0.39 is 11.5 Å². The minimum absolute atomic E-state index is 0.222. The molecule has 8 nitrogen and oxygen atoms in total. The van der Waals surface area contributed by atoms with E-state index in [4.69, 9.17) is 4.42 Å². The molecular formula is C18H23N3O5. The Balaban J connectivity index is 1.96. The Morgan fingerprint density at radius 3 is 2.69 bits per heavy atom. The first-order chi connectivity index (χ1) is 12.4. The molecule has 0 fully saturated rings. The fraction of sp³-hybridized carbons (Fsp3) is 0.389. The molecule has 2 rings (SSSR count). The van der Waals surface area contributed by atoms with Crippen LogP contribution in [-0.4, -0.2) is 34.1 Å². The molecule has 8 heteroatoms. The second-order valence-electron chi connectivity index (χ2n) is 5.87. The lowest BCUT2D eigenvalue weighted by atomic mass is 10.2. The summed E-state index contributed by atoms with van der Waals surface area (Å²) in [5.74, 6) is -1.48. The summed E-state index contributed by atoms with van der Waals surface area (Å²) in [6, 6.07) is 5.15. The third kappa shape index (κ3) is 4.98. The Hall–Kier alpha value is -3.03. The monoisotopic (exact) mass is 361 g/mol. The van der Waals surface area contributed by atoms with E-state index in [1.807, 2.05) is 30.7 Å². The van der Waals surface area contributed by atoms with Crippen LogP contribution in [0.5, 0.6) is 5.75 Å². The van der Waals surface area contributed by atoms with Crippen LogP contribution in [0.4, 0.5) is 0 Å². The molecule has 1 unspecified atom stereocenters. The maximum atomic E-state index is 12.3. The molecule has 2 aromatic rings. The van der Waals surface area contributed by atoms with Crippen molar-refractivity contribution < 1.29 is 19.1 Å². The van der Waals surface area contributed by atoms with Gasteiger partial charge in [-0.15, -0.1) is 0 Å². The molecule has 0 saturated heterocycles. The maximum Gasteiger partial charge on any atom is 0.340 e. The standard InChI is InChI=1S/C18H23N3O5/c1-3-7-21-8-5-6-14(21)17(24)19-11-12(4-2)20-18(25)15-9-13(22)10-16(23)26-15/h5-6,8-10,12,22H,3-4,7,11H2,1-2H3,(H,19,24)(H,20,25). The predicted octanol–water partition coefficient (Wildman–Crippen LogP) is 1.50. The molecule has 1 atom stereocenters. The van der Waals surface area contributed by atoms with Crippen LogP contribution < -0.4 is 16.3 Å². The summed E-state index contributed by atoms with van der Waals surface area (Å²) in [6.45, 7) is 4.86. The lowest BCUT2D eigenvalue weighted by Gasteiger charge is -2.17. The number of carbonyl (C=O) groups is 2. The summed E-state index contributed by atoms with van der Waals surface area (Å²) < 4.78 is 6.65. The minimum Gasteiger partial charge on any atom is -0.508 e. The van der Waals surface area contributed by atoms with Gasteiger partial charge in [-0.05, 0) is 25.0 Å². The molecule has 0 saturated carbocycles. The Labute approximate surface area is 150 Å². The van der Waals surface area contributed by atoms with Gasteiger partial charge in [0.05, 0.1) is 6.07 Å². The lowest BCUT2D eigenvalue weighted by Crippen LogP contribution is -2.43. The fourth-order valence-electron chi connectivity index (χ4n) is 2.49. The normalized spacial score (nSPS) is 11.8.